The van der Waals surface area contributed by atoms with Crippen molar-refractivity contribution in [3.05, 3.63) is 30.2 Å². The van der Waals surface area contributed by atoms with E-state index in [0.29, 0.717) is 18.1 Å². The summed E-state index contributed by atoms with van der Waals surface area (Å²) in [7, 11) is 0. The first-order valence-corrected chi connectivity index (χ1v) is 4.78. The van der Waals surface area contributed by atoms with Crippen LogP contribution in [0.3, 0.4) is 0 Å². The van der Waals surface area contributed by atoms with Crippen LogP contribution in [0.2, 0.25) is 0 Å². The van der Waals surface area contributed by atoms with Crippen LogP contribution in [0.15, 0.2) is 18.6 Å². The second-order valence-corrected chi connectivity index (χ2v) is 3.00. The molecule has 0 spiro atoms. The van der Waals surface area contributed by atoms with Gasteiger partial charge in [-0.2, -0.15) is 0 Å². The molecule has 2 rings (SSSR count). The number of hydrogen-bond acceptors (Lipinski definition) is 5. The molecule has 2 aromatic rings. The van der Waals surface area contributed by atoms with Gasteiger partial charge in [-0.3, -0.25) is 14.9 Å². The lowest BCUT2D eigenvalue weighted by Gasteiger charge is -1.98. The second-order valence-electron chi connectivity index (χ2n) is 3.00. The van der Waals surface area contributed by atoms with Gasteiger partial charge >= 0.3 is 0 Å². The lowest BCUT2D eigenvalue weighted by atomic mass is 10.4. The zero-order chi connectivity index (χ0) is 11.4. The van der Waals surface area contributed by atoms with Crippen molar-refractivity contribution in [2.24, 2.45) is 0 Å². The molecule has 7 nitrogen and oxygen atoms in total. The van der Waals surface area contributed by atoms with Gasteiger partial charge in [0.2, 0.25) is 5.82 Å². The van der Waals surface area contributed by atoms with Crippen LogP contribution in [0, 0.1) is 0 Å². The molecule has 0 aliphatic heterocycles. The van der Waals surface area contributed by atoms with Crippen LogP contribution in [-0.2, 0) is 6.42 Å². The van der Waals surface area contributed by atoms with E-state index in [1.807, 2.05) is 6.92 Å². The number of nitrogens with one attached hydrogen (secondary N) is 2. The average Bonchev–Trinajstić information content (AvgIpc) is 2.79. The van der Waals surface area contributed by atoms with Crippen LogP contribution in [0.25, 0.3) is 0 Å². The fourth-order valence-electron chi connectivity index (χ4n) is 1.09. The van der Waals surface area contributed by atoms with Crippen molar-refractivity contribution in [1.29, 1.82) is 0 Å². The zero-order valence-corrected chi connectivity index (χ0v) is 8.64. The minimum absolute atomic E-state index is 0.0995. The van der Waals surface area contributed by atoms with Crippen LogP contribution >= 0.6 is 0 Å². The van der Waals surface area contributed by atoms with Gasteiger partial charge in [0.05, 0.1) is 6.20 Å². The molecule has 0 aliphatic carbocycles. The molecule has 0 unspecified atom stereocenters. The van der Waals surface area contributed by atoms with E-state index in [4.69, 9.17) is 0 Å². The summed E-state index contributed by atoms with van der Waals surface area (Å²) in [6, 6.07) is 0. The molecule has 2 N–H and O–H groups in total. The van der Waals surface area contributed by atoms with Gasteiger partial charge in [0.15, 0.2) is 5.82 Å². The van der Waals surface area contributed by atoms with Crippen LogP contribution in [0.1, 0.15) is 23.4 Å². The van der Waals surface area contributed by atoms with E-state index >= 15 is 0 Å². The van der Waals surface area contributed by atoms with E-state index in [-0.39, 0.29) is 5.82 Å². The Morgan fingerprint density at radius 1 is 1.50 bits per heavy atom. The van der Waals surface area contributed by atoms with Crippen molar-refractivity contribution >= 4 is 11.7 Å². The van der Waals surface area contributed by atoms with Crippen molar-refractivity contribution < 1.29 is 4.79 Å². The number of anilines is 1. The fourth-order valence-corrected chi connectivity index (χ4v) is 1.09. The number of rotatable bonds is 3. The largest absolute Gasteiger partial charge is 0.302 e. The highest BCUT2D eigenvalue weighted by atomic mass is 16.2. The van der Waals surface area contributed by atoms with Gasteiger partial charge in [0.1, 0.15) is 5.82 Å². The highest BCUT2D eigenvalue weighted by Crippen LogP contribution is 2.00. The normalized spacial score (nSPS) is 10.1. The van der Waals surface area contributed by atoms with Crippen molar-refractivity contribution in [3.63, 3.8) is 0 Å². The molecule has 0 aliphatic rings. The Morgan fingerprint density at radius 2 is 2.38 bits per heavy atom. The Labute approximate surface area is 91.4 Å². The van der Waals surface area contributed by atoms with Crippen molar-refractivity contribution in [1.82, 2.24) is 25.1 Å². The second kappa shape index (κ2) is 4.47. The van der Waals surface area contributed by atoms with E-state index in [0.717, 1.165) is 0 Å². The maximum atomic E-state index is 11.6. The number of hydrogen-bond donors (Lipinski definition) is 2. The van der Waals surface area contributed by atoms with Gasteiger partial charge < -0.3 is 5.32 Å². The first-order valence-electron chi connectivity index (χ1n) is 4.78. The predicted octanol–water partition coefficient (Wildman–Crippen LogP) is 0.409. The van der Waals surface area contributed by atoms with Crippen LogP contribution in [-0.4, -0.2) is 31.1 Å². The quantitative estimate of drug-likeness (QED) is 0.777. The third-order valence-corrected chi connectivity index (χ3v) is 1.87. The maximum absolute atomic E-state index is 11.6. The van der Waals surface area contributed by atoms with Gasteiger partial charge in [-0.05, 0) is 0 Å². The van der Waals surface area contributed by atoms with E-state index < -0.39 is 5.91 Å². The Morgan fingerprint density at radius 3 is 3.00 bits per heavy atom. The minimum atomic E-state index is -0.406. The number of carbonyl (C=O) groups excluding carboxylic acids is 1. The van der Waals surface area contributed by atoms with Crippen molar-refractivity contribution in [2.45, 2.75) is 13.3 Å². The summed E-state index contributed by atoms with van der Waals surface area (Å²) in [6.45, 7) is 1.92. The number of aryl methyl sites for hydroxylation is 1. The third kappa shape index (κ3) is 2.19. The number of carbonyl (C=O) groups is 1. The molecule has 0 atom stereocenters. The maximum Gasteiger partial charge on any atom is 0.296 e. The average molecular weight is 218 g/mol. The first kappa shape index (κ1) is 10.2. The molecule has 1 amide bonds. The molecule has 82 valence electrons. The monoisotopic (exact) mass is 218 g/mol. The molecule has 2 heterocycles. The Kier molecular flexibility index (Phi) is 2.86. The van der Waals surface area contributed by atoms with Gasteiger partial charge in [-0.1, -0.05) is 6.92 Å². The van der Waals surface area contributed by atoms with E-state index in [9.17, 15) is 4.79 Å². The van der Waals surface area contributed by atoms with Gasteiger partial charge in [0.25, 0.3) is 5.91 Å². The highest BCUT2D eigenvalue weighted by Gasteiger charge is 2.12. The van der Waals surface area contributed by atoms with E-state index in [1.165, 1.54) is 18.6 Å². The summed E-state index contributed by atoms with van der Waals surface area (Å²) < 4.78 is 0. The van der Waals surface area contributed by atoms with Gasteiger partial charge in [0, 0.05) is 18.8 Å². The minimum Gasteiger partial charge on any atom is -0.302 e. The van der Waals surface area contributed by atoms with Crippen molar-refractivity contribution in [3.8, 4) is 0 Å². The molecule has 0 bridgehead atoms. The van der Waals surface area contributed by atoms with E-state index in [1.54, 1.807) is 0 Å². The molecule has 7 heteroatoms. The van der Waals surface area contributed by atoms with Crippen LogP contribution in [0.4, 0.5) is 5.82 Å². The summed E-state index contributed by atoms with van der Waals surface area (Å²) in [5, 5.41) is 8.99. The standard InChI is InChI=1S/C9H10N6O/c1-2-6-12-8(15-14-6)9(16)13-7-5-10-3-4-11-7/h3-5H,2H2,1H3,(H,11,13,16)(H,12,14,15). The SMILES string of the molecule is CCc1nc(C(=O)Nc2cnccn2)n[nH]1. The van der Waals surface area contributed by atoms with Crippen LogP contribution in [0.5, 0.6) is 0 Å². The summed E-state index contributed by atoms with van der Waals surface area (Å²) in [5.41, 5.74) is 0. The Balaban J connectivity index is 2.09. The Bertz CT molecular complexity index is 480. The highest BCUT2D eigenvalue weighted by molar-refractivity contribution is 6.00. The summed E-state index contributed by atoms with van der Waals surface area (Å²) in [5.74, 6) is 0.735. The molecule has 2 aromatic heterocycles. The summed E-state index contributed by atoms with van der Waals surface area (Å²) in [4.78, 5) is 23.4. The molecule has 0 saturated carbocycles. The number of amides is 1. The number of aromatic amines is 1. The molecule has 0 aromatic carbocycles. The summed E-state index contributed by atoms with van der Waals surface area (Å²) >= 11 is 0. The third-order valence-electron chi connectivity index (χ3n) is 1.87. The molecule has 0 radical (unpaired) electrons. The number of nitrogens with zero attached hydrogens (tertiary/aromatic N) is 4. The van der Waals surface area contributed by atoms with Crippen LogP contribution < -0.4 is 5.32 Å². The molecular weight excluding hydrogens is 208 g/mol. The molecule has 16 heavy (non-hydrogen) atoms. The molecule has 0 saturated heterocycles. The van der Waals surface area contributed by atoms with Gasteiger partial charge in [-0.25, -0.2) is 9.97 Å². The molecule has 0 fully saturated rings. The first-order chi connectivity index (χ1) is 7.79. The lowest BCUT2D eigenvalue weighted by Crippen LogP contribution is -2.14. The predicted molar refractivity (Wildman–Crippen MR) is 55.7 cm³/mol. The topological polar surface area (TPSA) is 96.5 Å². The fraction of sp³-hybridized carbons (Fsp3) is 0.222. The zero-order valence-electron chi connectivity index (χ0n) is 8.64. The number of H-pyrrole nitrogens is 1. The smallest absolute Gasteiger partial charge is 0.296 e. The molecular formula is C9H10N6O. The number of aromatic nitrogens is 5. The van der Waals surface area contributed by atoms with Crippen molar-refractivity contribution in [2.75, 3.05) is 5.32 Å². The summed E-state index contributed by atoms with van der Waals surface area (Å²) in [6.07, 6.45) is 5.17. The lowest BCUT2D eigenvalue weighted by molar-refractivity contribution is 0.101. The van der Waals surface area contributed by atoms with Gasteiger partial charge in [-0.15, -0.1) is 5.10 Å². The Hall–Kier alpha value is -2.31. The van der Waals surface area contributed by atoms with E-state index in [2.05, 4.69) is 30.5 Å².